The fourth-order valence-corrected chi connectivity index (χ4v) is 3.78. The highest BCUT2D eigenvalue weighted by Gasteiger charge is 2.44. The molecule has 130 valence electrons. The molecule has 0 unspecified atom stereocenters. The summed E-state index contributed by atoms with van der Waals surface area (Å²) in [7, 11) is 0. The van der Waals surface area contributed by atoms with Crippen molar-refractivity contribution < 1.29 is 9.53 Å². The number of aromatic nitrogens is 1. The van der Waals surface area contributed by atoms with Gasteiger partial charge >= 0.3 is 0 Å². The molecule has 1 N–H and O–H groups in total. The van der Waals surface area contributed by atoms with Gasteiger partial charge in [-0.15, -0.1) is 0 Å². The maximum Gasteiger partial charge on any atom is 0.226 e. The van der Waals surface area contributed by atoms with Gasteiger partial charge in [0.15, 0.2) is 0 Å². The van der Waals surface area contributed by atoms with Gasteiger partial charge in [0.1, 0.15) is 0 Å². The van der Waals surface area contributed by atoms with E-state index in [-0.39, 0.29) is 24.0 Å². The standard InChI is InChI=1S/C20H23N3O2/c24-20(22-11-15-6-2-1-3-7-15)18-10-17-13-23(14-19(18)25-17)12-16-8-4-5-9-21-16/h1-9,17-19H,10-14H2,(H,22,24)/t17-,18+,19+/m0/s1. The van der Waals surface area contributed by atoms with Crippen LogP contribution >= 0.6 is 0 Å². The smallest absolute Gasteiger partial charge is 0.226 e. The van der Waals surface area contributed by atoms with Crippen LogP contribution in [0.1, 0.15) is 17.7 Å². The second-order valence-electron chi connectivity index (χ2n) is 6.86. The summed E-state index contributed by atoms with van der Waals surface area (Å²) < 4.78 is 6.03. The molecule has 2 aliphatic heterocycles. The average Bonchev–Trinajstić information content (AvgIpc) is 2.96. The summed E-state index contributed by atoms with van der Waals surface area (Å²) in [5.74, 6) is 0.0542. The van der Waals surface area contributed by atoms with Gasteiger partial charge < -0.3 is 10.1 Å². The predicted molar refractivity (Wildman–Crippen MR) is 94.6 cm³/mol. The first kappa shape index (κ1) is 16.2. The number of likely N-dealkylation sites (tertiary alicyclic amines) is 1. The van der Waals surface area contributed by atoms with Gasteiger partial charge in [-0.05, 0) is 24.1 Å². The lowest BCUT2D eigenvalue weighted by Crippen LogP contribution is -2.45. The third kappa shape index (κ3) is 3.89. The number of nitrogens with one attached hydrogen (secondary N) is 1. The first-order chi connectivity index (χ1) is 12.3. The molecule has 3 atom stereocenters. The minimum absolute atomic E-state index is 0.0155. The number of fused-ring (bicyclic) bond motifs is 2. The van der Waals surface area contributed by atoms with Crippen LogP contribution in [-0.4, -0.2) is 41.1 Å². The minimum Gasteiger partial charge on any atom is -0.371 e. The zero-order chi connectivity index (χ0) is 17.1. The number of ether oxygens (including phenoxy) is 1. The summed E-state index contributed by atoms with van der Waals surface area (Å²) in [4.78, 5) is 19.4. The molecule has 1 aromatic carbocycles. The Kier molecular flexibility index (Phi) is 4.76. The van der Waals surface area contributed by atoms with E-state index in [4.69, 9.17) is 4.74 Å². The van der Waals surface area contributed by atoms with Gasteiger partial charge in [-0.2, -0.15) is 0 Å². The Morgan fingerprint density at radius 3 is 2.80 bits per heavy atom. The van der Waals surface area contributed by atoms with Crippen LogP contribution in [0.2, 0.25) is 0 Å². The zero-order valence-corrected chi connectivity index (χ0v) is 14.2. The first-order valence-electron chi connectivity index (χ1n) is 8.87. The molecule has 25 heavy (non-hydrogen) atoms. The van der Waals surface area contributed by atoms with Gasteiger partial charge in [-0.1, -0.05) is 36.4 Å². The van der Waals surface area contributed by atoms with E-state index >= 15 is 0 Å². The Hall–Kier alpha value is -2.24. The number of pyridine rings is 1. The van der Waals surface area contributed by atoms with Crippen molar-refractivity contribution in [2.24, 2.45) is 5.92 Å². The molecule has 2 aromatic rings. The number of carbonyl (C=O) groups excluding carboxylic acids is 1. The van der Waals surface area contributed by atoms with E-state index in [1.807, 2.05) is 54.7 Å². The van der Waals surface area contributed by atoms with Crippen LogP contribution in [0, 0.1) is 5.92 Å². The number of rotatable bonds is 5. The molecule has 5 heteroatoms. The normalized spacial score (nSPS) is 25.7. The summed E-state index contributed by atoms with van der Waals surface area (Å²) in [6.07, 6.45) is 2.77. The monoisotopic (exact) mass is 337 g/mol. The van der Waals surface area contributed by atoms with E-state index in [9.17, 15) is 4.79 Å². The van der Waals surface area contributed by atoms with E-state index in [0.29, 0.717) is 6.54 Å². The molecule has 0 radical (unpaired) electrons. The summed E-state index contributed by atoms with van der Waals surface area (Å²) in [5, 5.41) is 3.07. The van der Waals surface area contributed by atoms with Gasteiger partial charge in [0.05, 0.1) is 23.8 Å². The number of amides is 1. The van der Waals surface area contributed by atoms with Gasteiger partial charge in [0, 0.05) is 32.4 Å². The van der Waals surface area contributed by atoms with E-state index in [1.165, 1.54) is 0 Å². The van der Waals surface area contributed by atoms with Gasteiger partial charge in [-0.3, -0.25) is 14.7 Å². The largest absolute Gasteiger partial charge is 0.371 e. The van der Waals surface area contributed by atoms with Crippen LogP contribution in [0.3, 0.4) is 0 Å². The average molecular weight is 337 g/mol. The second-order valence-corrected chi connectivity index (χ2v) is 6.86. The van der Waals surface area contributed by atoms with Crippen LogP contribution in [0.4, 0.5) is 0 Å². The molecule has 4 rings (SSSR count). The van der Waals surface area contributed by atoms with Crippen molar-refractivity contribution in [1.29, 1.82) is 0 Å². The number of hydrogen-bond acceptors (Lipinski definition) is 4. The van der Waals surface area contributed by atoms with Crippen LogP contribution in [-0.2, 0) is 22.6 Å². The lowest BCUT2D eigenvalue weighted by atomic mass is 9.99. The highest BCUT2D eigenvalue weighted by atomic mass is 16.5. The molecule has 1 aromatic heterocycles. The van der Waals surface area contributed by atoms with Crippen LogP contribution in [0.5, 0.6) is 0 Å². The van der Waals surface area contributed by atoms with Gasteiger partial charge in [0.2, 0.25) is 5.91 Å². The van der Waals surface area contributed by atoms with Gasteiger partial charge in [0.25, 0.3) is 0 Å². The summed E-state index contributed by atoms with van der Waals surface area (Å²) in [6.45, 7) is 3.05. The molecule has 2 fully saturated rings. The number of benzene rings is 1. The number of nitrogens with zero attached hydrogens (tertiary/aromatic N) is 2. The molecule has 0 saturated carbocycles. The molecule has 5 nitrogen and oxygen atoms in total. The van der Waals surface area contributed by atoms with E-state index in [0.717, 1.165) is 37.3 Å². The Bertz CT molecular complexity index is 707. The molecular formula is C20H23N3O2. The van der Waals surface area contributed by atoms with Gasteiger partial charge in [-0.25, -0.2) is 0 Å². The highest BCUT2D eigenvalue weighted by molar-refractivity contribution is 5.79. The Morgan fingerprint density at radius 1 is 1.16 bits per heavy atom. The van der Waals surface area contributed by atoms with E-state index < -0.39 is 0 Å². The maximum absolute atomic E-state index is 12.6. The zero-order valence-electron chi connectivity index (χ0n) is 14.2. The van der Waals surface area contributed by atoms with Crippen LogP contribution in [0.25, 0.3) is 0 Å². The number of hydrogen-bond donors (Lipinski definition) is 1. The van der Waals surface area contributed by atoms with Crippen molar-refractivity contribution in [3.8, 4) is 0 Å². The predicted octanol–water partition coefficient (Wildman–Crippen LogP) is 1.99. The second kappa shape index (κ2) is 7.33. The van der Waals surface area contributed by atoms with Crippen molar-refractivity contribution in [3.05, 3.63) is 66.0 Å². The summed E-state index contributed by atoms with van der Waals surface area (Å²) >= 11 is 0. The molecule has 0 aliphatic carbocycles. The fourth-order valence-electron chi connectivity index (χ4n) is 3.78. The Balaban J connectivity index is 1.33. The quantitative estimate of drug-likeness (QED) is 0.907. The SMILES string of the molecule is O=C(NCc1ccccc1)[C@@H]1C[C@H]2CN(Cc3ccccn3)C[C@H]1O2. The highest BCUT2D eigenvalue weighted by Crippen LogP contribution is 2.32. The fraction of sp³-hybridized carbons (Fsp3) is 0.400. The molecule has 3 heterocycles. The Morgan fingerprint density at radius 2 is 2.00 bits per heavy atom. The summed E-state index contributed by atoms with van der Waals surface area (Å²) in [5.41, 5.74) is 2.18. The lowest BCUT2D eigenvalue weighted by molar-refractivity contribution is -0.128. The topological polar surface area (TPSA) is 54.5 Å². The molecule has 2 bridgehead atoms. The number of morpholine rings is 1. The number of carbonyl (C=O) groups is 1. The van der Waals surface area contributed by atoms with Crippen molar-refractivity contribution in [2.45, 2.75) is 31.7 Å². The van der Waals surface area contributed by atoms with Crippen molar-refractivity contribution >= 4 is 5.91 Å². The molecule has 2 aliphatic rings. The van der Waals surface area contributed by atoms with Crippen LogP contribution < -0.4 is 5.32 Å². The van der Waals surface area contributed by atoms with Crippen molar-refractivity contribution in [1.82, 2.24) is 15.2 Å². The van der Waals surface area contributed by atoms with E-state index in [1.54, 1.807) is 0 Å². The third-order valence-corrected chi connectivity index (χ3v) is 4.99. The summed E-state index contributed by atoms with van der Waals surface area (Å²) in [6, 6.07) is 16.0. The molecule has 0 spiro atoms. The maximum atomic E-state index is 12.6. The first-order valence-corrected chi connectivity index (χ1v) is 8.87. The van der Waals surface area contributed by atoms with Crippen LogP contribution in [0.15, 0.2) is 54.7 Å². The lowest BCUT2D eigenvalue weighted by Gasteiger charge is -2.32. The molecule has 1 amide bonds. The third-order valence-electron chi connectivity index (χ3n) is 4.99. The molecule has 2 saturated heterocycles. The van der Waals surface area contributed by atoms with Crippen molar-refractivity contribution in [2.75, 3.05) is 13.1 Å². The Labute approximate surface area is 148 Å². The molecular weight excluding hydrogens is 314 g/mol. The van der Waals surface area contributed by atoms with E-state index in [2.05, 4.69) is 15.2 Å². The minimum atomic E-state index is -0.0533. The van der Waals surface area contributed by atoms with Crippen molar-refractivity contribution in [3.63, 3.8) is 0 Å².